The Morgan fingerprint density at radius 1 is 1.40 bits per heavy atom. The molecule has 0 aliphatic heterocycles. The Balaban J connectivity index is 2.59. The van der Waals surface area contributed by atoms with Crippen molar-refractivity contribution in [1.29, 1.82) is 0 Å². The first kappa shape index (κ1) is 14.4. The van der Waals surface area contributed by atoms with Gasteiger partial charge in [-0.1, -0.05) is 11.6 Å². The van der Waals surface area contributed by atoms with E-state index in [9.17, 15) is 14.7 Å². The first-order chi connectivity index (χ1) is 9.45. The van der Waals surface area contributed by atoms with Gasteiger partial charge in [-0.15, -0.1) is 0 Å². The number of aryl methyl sites for hydroxylation is 1. The number of rotatable bonds is 3. The number of ether oxygens (including phenoxy) is 1. The second kappa shape index (κ2) is 5.54. The molecule has 0 saturated carbocycles. The zero-order chi connectivity index (χ0) is 14.9. The summed E-state index contributed by atoms with van der Waals surface area (Å²) < 4.78 is 6.08. The number of hydrogen-bond acceptors (Lipinski definition) is 3. The summed E-state index contributed by atoms with van der Waals surface area (Å²) in [5.74, 6) is -0.386. The second-order valence-electron chi connectivity index (χ2n) is 4.34. The monoisotopic (exact) mass is 295 g/mol. The average Bonchev–Trinajstić information content (AvgIpc) is 2.70. The van der Waals surface area contributed by atoms with E-state index in [2.05, 4.69) is 0 Å². The fraction of sp³-hybridized carbons (Fsp3) is 0.286. The van der Waals surface area contributed by atoms with Crippen molar-refractivity contribution < 1.29 is 19.4 Å². The molecular formula is C14H14ClNO4. The molecule has 2 rings (SSSR count). The van der Waals surface area contributed by atoms with Crippen LogP contribution in [0.25, 0.3) is 10.9 Å². The molecule has 20 heavy (non-hydrogen) atoms. The highest BCUT2D eigenvalue weighted by atomic mass is 35.5. The molecule has 6 heteroatoms. The Kier molecular flexibility index (Phi) is 3.99. The Morgan fingerprint density at radius 3 is 2.70 bits per heavy atom. The number of halogens is 1. The van der Waals surface area contributed by atoms with Gasteiger partial charge in [-0.25, -0.2) is 4.79 Å². The van der Waals surface area contributed by atoms with Crippen LogP contribution in [0.15, 0.2) is 18.2 Å². The maximum absolute atomic E-state index is 11.6. The lowest BCUT2D eigenvalue weighted by molar-refractivity contribution is -0.142. The van der Waals surface area contributed by atoms with Crippen molar-refractivity contribution in [1.82, 2.24) is 4.57 Å². The van der Waals surface area contributed by atoms with Crippen LogP contribution < -0.4 is 0 Å². The van der Waals surface area contributed by atoms with Gasteiger partial charge in [-0.05, 0) is 37.6 Å². The third kappa shape index (κ3) is 2.49. The fourth-order valence-corrected chi connectivity index (χ4v) is 2.47. The molecule has 0 spiro atoms. The fourth-order valence-electron chi connectivity index (χ4n) is 2.24. The van der Waals surface area contributed by atoms with Gasteiger partial charge in [0.2, 0.25) is 0 Å². The van der Waals surface area contributed by atoms with E-state index in [1.54, 1.807) is 32.0 Å². The summed E-state index contributed by atoms with van der Waals surface area (Å²) in [6, 6.07) is 4.94. The lowest BCUT2D eigenvalue weighted by atomic mass is 10.1. The minimum Gasteiger partial charge on any atom is -0.466 e. The molecule has 106 valence electrons. The van der Waals surface area contributed by atoms with Gasteiger partial charge in [0.05, 0.1) is 18.5 Å². The van der Waals surface area contributed by atoms with E-state index in [4.69, 9.17) is 16.3 Å². The number of carbonyl (C=O) groups excluding carboxylic acids is 1. The number of aromatic nitrogens is 1. The molecule has 0 aliphatic carbocycles. The van der Waals surface area contributed by atoms with Crippen molar-refractivity contribution in [2.24, 2.45) is 0 Å². The van der Waals surface area contributed by atoms with E-state index in [0.717, 1.165) is 0 Å². The van der Waals surface area contributed by atoms with Crippen LogP contribution in [0.2, 0.25) is 5.02 Å². The van der Waals surface area contributed by atoms with Crippen LogP contribution in [0.1, 0.15) is 18.2 Å². The summed E-state index contributed by atoms with van der Waals surface area (Å²) in [4.78, 5) is 22.9. The SMILES string of the molecule is CCOC(=O)Cc1c(Cl)ccc2c1cc(C)n2C(=O)O. The van der Waals surface area contributed by atoms with Gasteiger partial charge >= 0.3 is 12.1 Å². The van der Waals surface area contributed by atoms with E-state index < -0.39 is 6.09 Å². The van der Waals surface area contributed by atoms with Crippen molar-refractivity contribution in [2.75, 3.05) is 6.61 Å². The first-order valence-corrected chi connectivity index (χ1v) is 6.51. The average molecular weight is 296 g/mol. The molecule has 1 N–H and O–H groups in total. The van der Waals surface area contributed by atoms with Crippen LogP contribution in [0.5, 0.6) is 0 Å². The standard InChI is InChI=1S/C14H14ClNO4/c1-3-20-13(17)7-9-10-6-8(2)16(14(18)19)12(10)5-4-11(9)15/h4-6H,3,7H2,1-2H3,(H,18,19). The van der Waals surface area contributed by atoms with Gasteiger partial charge in [0.15, 0.2) is 0 Å². The van der Waals surface area contributed by atoms with Gasteiger partial charge in [-0.2, -0.15) is 0 Å². The minimum absolute atomic E-state index is 0.0209. The topological polar surface area (TPSA) is 68.5 Å². The zero-order valence-corrected chi connectivity index (χ0v) is 11.9. The number of nitrogens with zero attached hydrogens (tertiary/aromatic N) is 1. The second-order valence-corrected chi connectivity index (χ2v) is 4.75. The smallest absolute Gasteiger partial charge is 0.416 e. The molecule has 0 saturated heterocycles. The minimum atomic E-state index is -1.07. The van der Waals surface area contributed by atoms with E-state index in [0.29, 0.717) is 33.8 Å². The van der Waals surface area contributed by atoms with Crippen LogP contribution >= 0.6 is 11.6 Å². The third-order valence-corrected chi connectivity index (χ3v) is 3.40. The molecule has 0 bridgehead atoms. The molecule has 0 atom stereocenters. The molecule has 0 radical (unpaired) electrons. The van der Waals surface area contributed by atoms with E-state index in [1.807, 2.05) is 0 Å². The molecule has 0 amide bonds. The van der Waals surface area contributed by atoms with E-state index in [1.165, 1.54) is 4.57 Å². The van der Waals surface area contributed by atoms with Crippen LogP contribution in [0.3, 0.4) is 0 Å². The molecule has 1 aromatic heterocycles. The highest BCUT2D eigenvalue weighted by molar-refractivity contribution is 6.32. The predicted octanol–water partition coefficient (Wildman–Crippen LogP) is 3.23. The van der Waals surface area contributed by atoms with Gasteiger partial charge in [0, 0.05) is 16.1 Å². The summed E-state index contributed by atoms with van der Waals surface area (Å²) in [6.45, 7) is 3.71. The van der Waals surface area contributed by atoms with Crippen molar-refractivity contribution in [3.63, 3.8) is 0 Å². The molecule has 1 aromatic carbocycles. The summed E-state index contributed by atoms with van der Waals surface area (Å²) in [5, 5.41) is 10.3. The summed E-state index contributed by atoms with van der Waals surface area (Å²) >= 11 is 6.12. The molecule has 2 aromatic rings. The quantitative estimate of drug-likeness (QED) is 0.883. The van der Waals surface area contributed by atoms with Crippen molar-refractivity contribution >= 4 is 34.6 Å². The van der Waals surface area contributed by atoms with Gasteiger partial charge in [-0.3, -0.25) is 9.36 Å². The number of carbonyl (C=O) groups is 2. The maximum Gasteiger partial charge on any atom is 0.416 e. The van der Waals surface area contributed by atoms with Gasteiger partial charge in [0.1, 0.15) is 0 Å². The summed E-state index contributed by atoms with van der Waals surface area (Å²) in [5.41, 5.74) is 1.67. The van der Waals surface area contributed by atoms with Crippen LogP contribution in [0.4, 0.5) is 4.79 Å². The summed E-state index contributed by atoms with van der Waals surface area (Å²) in [6.07, 6.45) is -1.05. The Hall–Kier alpha value is -2.01. The molecule has 1 heterocycles. The Bertz CT molecular complexity index is 690. The highest BCUT2D eigenvalue weighted by Gasteiger charge is 2.17. The van der Waals surface area contributed by atoms with Crippen LogP contribution in [-0.2, 0) is 16.0 Å². The number of esters is 1. The molecule has 0 aliphatic rings. The zero-order valence-electron chi connectivity index (χ0n) is 11.1. The molecule has 5 nitrogen and oxygen atoms in total. The summed E-state index contributed by atoms with van der Waals surface area (Å²) in [7, 11) is 0. The maximum atomic E-state index is 11.6. The van der Waals surface area contributed by atoms with E-state index >= 15 is 0 Å². The van der Waals surface area contributed by atoms with Crippen molar-refractivity contribution in [3.05, 3.63) is 34.5 Å². The van der Waals surface area contributed by atoms with Gasteiger partial charge in [0.25, 0.3) is 0 Å². The highest BCUT2D eigenvalue weighted by Crippen LogP contribution is 2.29. The third-order valence-electron chi connectivity index (χ3n) is 3.04. The Labute approximate surface area is 120 Å². The number of hydrogen-bond donors (Lipinski definition) is 1. The molecular weight excluding hydrogens is 282 g/mol. The molecule has 0 unspecified atom stereocenters. The van der Waals surface area contributed by atoms with Crippen LogP contribution in [0, 0.1) is 6.92 Å². The number of fused-ring (bicyclic) bond motifs is 1. The lowest BCUT2D eigenvalue weighted by Crippen LogP contribution is -2.10. The Morgan fingerprint density at radius 2 is 2.10 bits per heavy atom. The largest absolute Gasteiger partial charge is 0.466 e. The van der Waals surface area contributed by atoms with E-state index in [-0.39, 0.29) is 12.4 Å². The predicted molar refractivity (Wildman–Crippen MR) is 75.4 cm³/mol. The molecule has 0 fully saturated rings. The number of carboxylic acid groups (broad SMARTS) is 1. The van der Waals surface area contributed by atoms with Crippen molar-refractivity contribution in [3.8, 4) is 0 Å². The normalized spacial score (nSPS) is 10.8. The first-order valence-electron chi connectivity index (χ1n) is 6.14. The van der Waals surface area contributed by atoms with Crippen LogP contribution in [-0.4, -0.2) is 28.3 Å². The number of benzene rings is 1. The van der Waals surface area contributed by atoms with Gasteiger partial charge < -0.3 is 9.84 Å². The lowest BCUT2D eigenvalue weighted by Gasteiger charge is -2.07. The van der Waals surface area contributed by atoms with Crippen molar-refractivity contribution in [2.45, 2.75) is 20.3 Å².